The number of ether oxygens (including phenoxy) is 1. The summed E-state index contributed by atoms with van der Waals surface area (Å²) in [7, 11) is 0. The van der Waals surface area contributed by atoms with Crippen molar-refractivity contribution < 1.29 is 32.6 Å². The lowest BCUT2D eigenvalue weighted by molar-refractivity contribution is -0.144. The molecule has 2 aromatic carbocycles. The number of hydrogen-bond donors (Lipinski definition) is 2. The molecule has 0 unspecified atom stereocenters. The quantitative estimate of drug-likeness (QED) is 0.333. The number of thiazole rings is 1. The molecule has 12 heteroatoms. The van der Waals surface area contributed by atoms with Gasteiger partial charge in [-0.1, -0.05) is 22.9 Å². The van der Waals surface area contributed by atoms with E-state index in [1.165, 1.54) is 40.5 Å². The monoisotopic (exact) mass is 581 g/mol. The van der Waals surface area contributed by atoms with E-state index >= 15 is 4.39 Å². The van der Waals surface area contributed by atoms with Crippen molar-refractivity contribution in [3.8, 4) is 0 Å². The molecule has 2 aliphatic rings. The van der Waals surface area contributed by atoms with Gasteiger partial charge in [0.1, 0.15) is 17.8 Å². The van der Waals surface area contributed by atoms with Crippen LogP contribution in [0, 0.1) is 17.6 Å². The molecule has 2 heterocycles. The van der Waals surface area contributed by atoms with Gasteiger partial charge in [0.05, 0.1) is 58.6 Å². The highest BCUT2D eigenvalue weighted by Crippen LogP contribution is 2.34. The molecule has 39 heavy (non-hydrogen) atoms. The number of fused-ring (bicyclic) bond motifs is 1. The minimum atomic E-state index is -1.20. The molecular formula is C27H27ClF3N3O4S. The maximum Gasteiger partial charge on any atom is 0.306 e. The van der Waals surface area contributed by atoms with Crippen molar-refractivity contribution >= 4 is 55.8 Å². The zero-order chi connectivity index (χ0) is 27.7. The van der Waals surface area contributed by atoms with Gasteiger partial charge in [0.2, 0.25) is 5.91 Å². The van der Waals surface area contributed by atoms with Crippen LogP contribution in [0.1, 0.15) is 37.7 Å². The molecule has 2 atom stereocenters. The van der Waals surface area contributed by atoms with E-state index in [2.05, 4.69) is 10.3 Å². The number of rotatable bonds is 8. The fourth-order valence-electron chi connectivity index (χ4n) is 5.20. The smallest absolute Gasteiger partial charge is 0.306 e. The Labute approximate surface area is 231 Å². The summed E-state index contributed by atoms with van der Waals surface area (Å²) < 4.78 is 49.4. The van der Waals surface area contributed by atoms with Crippen LogP contribution in [-0.2, 0) is 20.7 Å². The second kappa shape index (κ2) is 11.7. The molecule has 1 aliphatic heterocycles. The second-order valence-electron chi connectivity index (χ2n) is 10.0. The minimum absolute atomic E-state index is 0.0795. The molecule has 2 N–H and O–H groups in total. The molecule has 0 radical (unpaired) electrons. The Balaban J connectivity index is 1.21. The van der Waals surface area contributed by atoms with Crippen molar-refractivity contribution in [2.75, 3.05) is 18.5 Å². The van der Waals surface area contributed by atoms with Crippen molar-refractivity contribution in [3.05, 3.63) is 52.6 Å². The number of nitrogens with zero attached hydrogens (tertiary/aromatic N) is 2. The largest absolute Gasteiger partial charge is 0.481 e. The predicted molar refractivity (Wildman–Crippen MR) is 142 cm³/mol. The Morgan fingerprint density at radius 3 is 2.69 bits per heavy atom. The molecule has 208 valence electrons. The number of carboxylic acids is 1. The van der Waals surface area contributed by atoms with Gasteiger partial charge < -0.3 is 20.1 Å². The van der Waals surface area contributed by atoms with E-state index in [0.29, 0.717) is 36.3 Å². The normalized spacial score (nSPS) is 23.3. The highest BCUT2D eigenvalue weighted by molar-refractivity contribution is 7.22. The van der Waals surface area contributed by atoms with Crippen LogP contribution in [-0.4, -0.2) is 58.3 Å². The van der Waals surface area contributed by atoms with Crippen molar-refractivity contribution in [3.63, 3.8) is 0 Å². The Morgan fingerprint density at radius 1 is 1.18 bits per heavy atom. The zero-order valence-electron chi connectivity index (χ0n) is 20.8. The first-order chi connectivity index (χ1) is 18.7. The number of carbonyl (C=O) groups is 2. The lowest BCUT2D eigenvalue weighted by Gasteiger charge is -2.30. The molecular weight excluding hydrogens is 555 g/mol. The number of alkyl halides is 1. The average Bonchev–Trinajstić information content (AvgIpc) is 3.47. The number of anilines is 2. The molecule has 2 fully saturated rings. The highest BCUT2D eigenvalue weighted by atomic mass is 35.5. The highest BCUT2D eigenvalue weighted by Gasteiger charge is 2.36. The third-order valence-corrected chi connectivity index (χ3v) is 8.57. The number of carbonyl (C=O) groups excluding carboxylic acids is 1. The molecule has 1 saturated heterocycles. The summed E-state index contributed by atoms with van der Waals surface area (Å²) in [6, 6.07) is 6.29. The van der Waals surface area contributed by atoms with Gasteiger partial charge in [-0.2, -0.15) is 0 Å². The molecule has 1 amide bonds. The van der Waals surface area contributed by atoms with Crippen LogP contribution >= 0.6 is 22.9 Å². The number of likely N-dealkylation sites (tertiary alicyclic amines) is 1. The molecule has 1 aromatic heterocycles. The van der Waals surface area contributed by atoms with Crippen molar-refractivity contribution in [1.29, 1.82) is 0 Å². The Kier molecular flexibility index (Phi) is 8.29. The molecule has 1 aliphatic carbocycles. The van der Waals surface area contributed by atoms with E-state index in [1.54, 1.807) is 6.07 Å². The van der Waals surface area contributed by atoms with Crippen molar-refractivity contribution in [2.45, 2.75) is 56.8 Å². The Bertz CT molecular complexity index is 1380. The van der Waals surface area contributed by atoms with Gasteiger partial charge in [0.15, 0.2) is 5.13 Å². The van der Waals surface area contributed by atoms with Crippen LogP contribution in [0.15, 0.2) is 30.3 Å². The number of hydrogen-bond acceptors (Lipinski definition) is 6. The number of aliphatic carboxylic acids is 1. The summed E-state index contributed by atoms with van der Waals surface area (Å²) in [5.41, 5.74) is 0.791. The third-order valence-electron chi connectivity index (χ3n) is 7.30. The minimum Gasteiger partial charge on any atom is -0.481 e. The van der Waals surface area contributed by atoms with Crippen LogP contribution < -0.4 is 5.32 Å². The number of halogens is 4. The van der Waals surface area contributed by atoms with Gasteiger partial charge in [-0.3, -0.25) is 9.59 Å². The van der Waals surface area contributed by atoms with Gasteiger partial charge in [0.25, 0.3) is 0 Å². The van der Waals surface area contributed by atoms with Crippen molar-refractivity contribution in [1.82, 2.24) is 9.88 Å². The fraction of sp³-hybridized carbons (Fsp3) is 0.444. The van der Waals surface area contributed by atoms with Gasteiger partial charge >= 0.3 is 5.97 Å². The summed E-state index contributed by atoms with van der Waals surface area (Å²) in [6.07, 6.45) is 0.786. The predicted octanol–water partition coefficient (Wildman–Crippen LogP) is 6.11. The number of benzene rings is 2. The molecule has 7 nitrogen and oxygen atoms in total. The van der Waals surface area contributed by atoms with Crippen LogP contribution in [0.25, 0.3) is 10.2 Å². The van der Waals surface area contributed by atoms with E-state index in [1.807, 2.05) is 0 Å². The first-order valence-electron chi connectivity index (χ1n) is 12.7. The third kappa shape index (κ3) is 6.47. The summed E-state index contributed by atoms with van der Waals surface area (Å²) in [5.74, 6) is -2.65. The topological polar surface area (TPSA) is 91.8 Å². The number of nitrogens with one attached hydrogen (secondary N) is 1. The summed E-state index contributed by atoms with van der Waals surface area (Å²) >= 11 is 7.64. The van der Waals surface area contributed by atoms with Gasteiger partial charge in [-0.25, -0.2) is 18.2 Å². The Hall–Kier alpha value is -2.89. The SMILES string of the molecule is O=C(Cc1cc(Cl)c(Nc2nc3cc(F)ccc3s2)cc1F)N1C[C@@H](F)C[C@H]1CO[C@H]1CC[C@H](C(=O)O)CC1. The number of carboxylic acid groups (broad SMARTS) is 1. The lowest BCUT2D eigenvalue weighted by Crippen LogP contribution is -2.40. The summed E-state index contributed by atoms with van der Waals surface area (Å²) in [4.78, 5) is 29.9. The maximum absolute atomic E-state index is 15.0. The molecule has 3 aromatic rings. The van der Waals surface area contributed by atoms with Crippen molar-refractivity contribution in [2.24, 2.45) is 5.92 Å². The van der Waals surface area contributed by atoms with Crippen LogP contribution in [0.3, 0.4) is 0 Å². The van der Waals surface area contributed by atoms with Crippen LogP contribution in [0.2, 0.25) is 5.02 Å². The summed E-state index contributed by atoms with van der Waals surface area (Å²) in [5, 5.41) is 12.7. The number of aromatic nitrogens is 1. The molecule has 1 saturated carbocycles. The van der Waals surface area contributed by atoms with Gasteiger partial charge in [-0.15, -0.1) is 0 Å². The number of amides is 1. The summed E-state index contributed by atoms with van der Waals surface area (Å²) in [6.45, 7) is 0.0541. The lowest BCUT2D eigenvalue weighted by atomic mass is 9.87. The van der Waals surface area contributed by atoms with Gasteiger partial charge in [-0.05, 0) is 55.5 Å². The first kappa shape index (κ1) is 27.7. The van der Waals surface area contributed by atoms with E-state index in [0.717, 1.165) is 4.70 Å². The molecule has 0 bridgehead atoms. The second-order valence-corrected chi connectivity index (χ2v) is 11.5. The van der Waals surface area contributed by atoms with Crippen LogP contribution in [0.4, 0.5) is 24.0 Å². The fourth-order valence-corrected chi connectivity index (χ4v) is 6.29. The average molecular weight is 582 g/mol. The zero-order valence-corrected chi connectivity index (χ0v) is 22.4. The molecule has 0 spiro atoms. The first-order valence-corrected chi connectivity index (χ1v) is 13.9. The van der Waals surface area contributed by atoms with E-state index < -0.39 is 35.7 Å². The maximum atomic E-state index is 15.0. The molecule has 5 rings (SSSR count). The van der Waals surface area contributed by atoms with E-state index in [9.17, 15) is 18.4 Å². The van der Waals surface area contributed by atoms with Crippen LogP contribution in [0.5, 0.6) is 0 Å². The Morgan fingerprint density at radius 2 is 1.95 bits per heavy atom. The van der Waals surface area contributed by atoms with E-state index in [-0.39, 0.29) is 54.3 Å². The standard InChI is InChI=1S/C27H27ClF3N3O4S/c28-20-7-15(21(31)11-22(20)32-27-33-23-10-16(29)3-6-24(23)39-27)8-25(35)34-12-17(30)9-18(34)13-38-19-4-1-14(2-5-19)26(36)37/h3,6-7,10-11,14,17-19H,1-2,4-5,8-9,12-13H2,(H,32,33)(H,36,37)/t14-,17-,18-,19-/m0/s1. The van der Waals surface area contributed by atoms with E-state index in [4.69, 9.17) is 21.4 Å². The van der Waals surface area contributed by atoms with Gasteiger partial charge in [0, 0.05) is 12.5 Å².